The van der Waals surface area contributed by atoms with E-state index < -0.39 is 0 Å². The van der Waals surface area contributed by atoms with Gasteiger partial charge in [0.05, 0.1) is 12.3 Å². The molecule has 7 heteroatoms. The van der Waals surface area contributed by atoms with E-state index in [1.807, 2.05) is 26.0 Å². The van der Waals surface area contributed by atoms with Crippen molar-refractivity contribution in [2.24, 2.45) is 0 Å². The summed E-state index contributed by atoms with van der Waals surface area (Å²) < 4.78 is 5.46. The highest BCUT2D eigenvalue weighted by molar-refractivity contribution is 7.99. The number of thioether (sulfide) groups is 1. The van der Waals surface area contributed by atoms with Crippen LogP contribution >= 0.6 is 11.8 Å². The van der Waals surface area contributed by atoms with Gasteiger partial charge in [0.1, 0.15) is 17.3 Å². The molecular formula is C14H18N4O2S. The van der Waals surface area contributed by atoms with Crippen LogP contribution in [0.1, 0.15) is 17.2 Å². The van der Waals surface area contributed by atoms with Gasteiger partial charge in [-0.2, -0.15) is 0 Å². The van der Waals surface area contributed by atoms with E-state index in [-0.39, 0.29) is 11.7 Å². The molecular weight excluding hydrogens is 288 g/mol. The summed E-state index contributed by atoms with van der Waals surface area (Å²) in [7, 11) is 1.74. The number of anilines is 1. The number of aryl methyl sites for hydroxylation is 2. The summed E-state index contributed by atoms with van der Waals surface area (Å²) in [4.78, 5) is 22.0. The van der Waals surface area contributed by atoms with Gasteiger partial charge in [-0.3, -0.25) is 4.79 Å². The van der Waals surface area contributed by atoms with Gasteiger partial charge in [0.15, 0.2) is 5.16 Å². The highest BCUT2D eigenvalue weighted by Crippen LogP contribution is 2.16. The zero-order valence-corrected chi connectivity index (χ0v) is 13.1. The number of rotatable bonds is 5. The second kappa shape index (κ2) is 6.62. The summed E-state index contributed by atoms with van der Waals surface area (Å²) in [6.45, 7) is 4.17. The van der Waals surface area contributed by atoms with E-state index in [1.165, 1.54) is 11.8 Å². The molecule has 1 amide bonds. The Bertz CT molecular complexity index is 621. The first kappa shape index (κ1) is 15.4. The Morgan fingerprint density at radius 2 is 2.14 bits per heavy atom. The minimum Gasteiger partial charge on any atom is -0.464 e. The van der Waals surface area contributed by atoms with Crippen molar-refractivity contribution >= 4 is 23.5 Å². The van der Waals surface area contributed by atoms with Crippen molar-refractivity contribution in [3.05, 3.63) is 35.4 Å². The van der Waals surface area contributed by atoms with E-state index in [9.17, 15) is 4.79 Å². The van der Waals surface area contributed by atoms with Gasteiger partial charge in [0.2, 0.25) is 5.91 Å². The van der Waals surface area contributed by atoms with Gasteiger partial charge in [0.25, 0.3) is 0 Å². The number of nitrogens with two attached hydrogens (primary N) is 1. The molecule has 0 spiro atoms. The average Bonchev–Trinajstić information content (AvgIpc) is 2.80. The van der Waals surface area contributed by atoms with Crippen LogP contribution in [0.4, 0.5) is 5.82 Å². The predicted molar refractivity (Wildman–Crippen MR) is 81.8 cm³/mol. The summed E-state index contributed by atoms with van der Waals surface area (Å²) in [5, 5.41) is 0.517. The standard InChI is InChI=1S/C14H18N4O2S/c1-9-6-12(15)17-14(16-9)21-8-13(19)18(3)7-11-5-4-10(2)20-11/h4-6H,7-8H2,1-3H3,(H2,15,16,17). The molecule has 0 aliphatic heterocycles. The lowest BCUT2D eigenvalue weighted by Crippen LogP contribution is -2.27. The van der Waals surface area contributed by atoms with E-state index in [2.05, 4.69) is 9.97 Å². The molecule has 0 radical (unpaired) electrons. The number of nitrogen functional groups attached to an aromatic ring is 1. The largest absolute Gasteiger partial charge is 0.464 e. The summed E-state index contributed by atoms with van der Waals surface area (Å²) in [5.74, 6) is 2.27. The fourth-order valence-corrected chi connectivity index (χ4v) is 2.61. The van der Waals surface area contributed by atoms with Crippen LogP contribution in [-0.2, 0) is 11.3 Å². The van der Waals surface area contributed by atoms with E-state index in [0.717, 1.165) is 17.2 Å². The molecule has 0 unspecified atom stereocenters. The number of aromatic nitrogens is 2. The van der Waals surface area contributed by atoms with Crippen LogP contribution in [0.15, 0.2) is 27.8 Å². The van der Waals surface area contributed by atoms with Gasteiger partial charge >= 0.3 is 0 Å². The van der Waals surface area contributed by atoms with Gasteiger partial charge in [-0.25, -0.2) is 9.97 Å². The van der Waals surface area contributed by atoms with E-state index in [4.69, 9.17) is 10.2 Å². The van der Waals surface area contributed by atoms with E-state index >= 15 is 0 Å². The van der Waals surface area contributed by atoms with Crippen molar-refractivity contribution in [3.63, 3.8) is 0 Å². The topological polar surface area (TPSA) is 85.2 Å². The van der Waals surface area contributed by atoms with Gasteiger partial charge in [0, 0.05) is 18.8 Å². The molecule has 2 aromatic rings. The normalized spacial score (nSPS) is 10.6. The fraction of sp³-hybridized carbons (Fsp3) is 0.357. The van der Waals surface area contributed by atoms with Crippen molar-refractivity contribution in [3.8, 4) is 0 Å². The first-order chi connectivity index (χ1) is 9.94. The zero-order valence-electron chi connectivity index (χ0n) is 12.3. The number of amides is 1. The smallest absolute Gasteiger partial charge is 0.233 e. The van der Waals surface area contributed by atoms with E-state index in [0.29, 0.717) is 17.5 Å². The minimum atomic E-state index is -0.0160. The quantitative estimate of drug-likeness (QED) is 0.672. The number of nitrogens with zero attached hydrogens (tertiary/aromatic N) is 3. The molecule has 0 bridgehead atoms. The van der Waals surface area contributed by atoms with Crippen LogP contribution < -0.4 is 5.73 Å². The summed E-state index contributed by atoms with van der Waals surface area (Å²) >= 11 is 1.28. The second-order valence-electron chi connectivity index (χ2n) is 4.77. The maximum Gasteiger partial charge on any atom is 0.233 e. The van der Waals surface area contributed by atoms with E-state index in [1.54, 1.807) is 18.0 Å². The average molecular weight is 306 g/mol. The molecule has 2 heterocycles. The second-order valence-corrected chi connectivity index (χ2v) is 5.71. The molecule has 0 fully saturated rings. The third-order valence-corrected chi connectivity index (χ3v) is 3.63. The lowest BCUT2D eigenvalue weighted by molar-refractivity contribution is -0.127. The van der Waals surface area contributed by atoms with Gasteiger partial charge in [-0.05, 0) is 26.0 Å². The van der Waals surface area contributed by atoms with Crippen LogP contribution in [0, 0.1) is 13.8 Å². The molecule has 0 atom stereocenters. The molecule has 112 valence electrons. The summed E-state index contributed by atoms with van der Waals surface area (Å²) in [5.41, 5.74) is 6.45. The van der Waals surface area contributed by atoms with Crippen LogP contribution in [-0.4, -0.2) is 33.6 Å². The molecule has 2 rings (SSSR count). The van der Waals surface area contributed by atoms with Crippen LogP contribution in [0.3, 0.4) is 0 Å². The Hall–Kier alpha value is -2.02. The number of carbonyl (C=O) groups is 1. The minimum absolute atomic E-state index is 0.0160. The molecule has 0 aliphatic rings. The Balaban J connectivity index is 1.88. The third kappa shape index (κ3) is 4.49. The van der Waals surface area contributed by atoms with Crippen molar-refractivity contribution in [1.82, 2.24) is 14.9 Å². The molecule has 21 heavy (non-hydrogen) atoms. The lowest BCUT2D eigenvalue weighted by Gasteiger charge is -2.15. The van der Waals surface area contributed by atoms with Crippen molar-refractivity contribution in [2.45, 2.75) is 25.5 Å². The Labute approximate surface area is 127 Å². The number of furan rings is 1. The Kier molecular flexibility index (Phi) is 4.85. The molecule has 2 aromatic heterocycles. The maximum absolute atomic E-state index is 12.1. The lowest BCUT2D eigenvalue weighted by atomic mass is 10.4. The highest BCUT2D eigenvalue weighted by atomic mass is 32.2. The molecule has 0 saturated heterocycles. The summed E-state index contributed by atoms with van der Waals surface area (Å²) in [6, 6.07) is 5.44. The van der Waals surface area contributed by atoms with Gasteiger partial charge in [-0.15, -0.1) is 0 Å². The number of hydrogen-bond acceptors (Lipinski definition) is 6. The molecule has 6 nitrogen and oxygen atoms in total. The molecule has 0 saturated carbocycles. The van der Waals surface area contributed by atoms with Crippen LogP contribution in [0.25, 0.3) is 0 Å². The highest BCUT2D eigenvalue weighted by Gasteiger charge is 2.13. The molecule has 0 aliphatic carbocycles. The third-order valence-electron chi connectivity index (χ3n) is 2.79. The van der Waals surface area contributed by atoms with Crippen molar-refractivity contribution < 1.29 is 9.21 Å². The number of hydrogen-bond donors (Lipinski definition) is 1. The van der Waals surface area contributed by atoms with Crippen LogP contribution in [0.5, 0.6) is 0 Å². The van der Waals surface area contributed by atoms with Crippen molar-refractivity contribution in [2.75, 3.05) is 18.5 Å². The van der Waals surface area contributed by atoms with Crippen LogP contribution in [0.2, 0.25) is 0 Å². The van der Waals surface area contributed by atoms with Gasteiger partial charge < -0.3 is 15.1 Å². The molecule has 0 aromatic carbocycles. The van der Waals surface area contributed by atoms with Gasteiger partial charge in [-0.1, -0.05) is 11.8 Å². The fourth-order valence-electron chi connectivity index (χ4n) is 1.76. The monoisotopic (exact) mass is 306 g/mol. The SMILES string of the molecule is Cc1cc(N)nc(SCC(=O)N(C)Cc2ccc(C)o2)n1. The predicted octanol–water partition coefficient (Wildman–Crippen LogP) is 2.02. The Morgan fingerprint density at radius 1 is 1.38 bits per heavy atom. The maximum atomic E-state index is 12.1. The first-order valence-electron chi connectivity index (χ1n) is 6.47. The van der Waals surface area contributed by atoms with Crippen molar-refractivity contribution in [1.29, 1.82) is 0 Å². The number of carbonyl (C=O) groups excluding carboxylic acids is 1. The Morgan fingerprint density at radius 3 is 2.76 bits per heavy atom. The molecule has 2 N–H and O–H groups in total. The zero-order chi connectivity index (χ0) is 15.4. The first-order valence-corrected chi connectivity index (χ1v) is 7.46. The summed E-state index contributed by atoms with van der Waals surface area (Å²) in [6.07, 6.45) is 0.